The predicted molar refractivity (Wildman–Crippen MR) is 105 cm³/mol. The van der Waals surface area contributed by atoms with Crippen LogP contribution in [0.1, 0.15) is 68.6 Å². The minimum atomic E-state index is -0.827. The molecule has 4 bridgehead atoms. The third-order valence-corrected chi connectivity index (χ3v) is 6.76. The third-order valence-electron chi connectivity index (χ3n) is 6.76. The monoisotopic (exact) mass is 383 g/mol. The molecular weight excluding hydrogens is 354 g/mol. The van der Waals surface area contributed by atoms with E-state index in [0.29, 0.717) is 5.56 Å². The number of rotatable bonds is 7. The van der Waals surface area contributed by atoms with E-state index in [0.717, 1.165) is 37.0 Å². The van der Waals surface area contributed by atoms with Crippen molar-refractivity contribution >= 4 is 17.7 Å². The first-order chi connectivity index (χ1) is 13.4. The van der Waals surface area contributed by atoms with E-state index >= 15 is 0 Å². The van der Waals surface area contributed by atoms with Crippen LogP contribution in [0.3, 0.4) is 0 Å². The van der Waals surface area contributed by atoms with Crippen LogP contribution in [0.2, 0.25) is 0 Å². The van der Waals surface area contributed by atoms with Gasteiger partial charge in [-0.1, -0.05) is 30.3 Å². The fourth-order valence-electron chi connectivity index (χ4n) is 5.92. The molecule has 4 fully saturated rings. The first-order valence-corrected chi connectivity index (χ1v) is 10.5. The molecular formula is C23H29NO4. The molecule has 1 aromatic carbocycles. The van der Waals surface area contributed by atoms with Gasteiger partial charge >= 0.3 is 5.97 Å². The van der Waals surface area contributed by atoms with Gasteiger partial charge in [-0.2, -0.15) is 0 Å². The average molecular weight is 383 g/mol. The molecule has 5 heteroatoms. The van der Waals surface area contributed by atoms with Crippen molar-refractivity contribution in [2.75, 3.05) is 0 Å². The molecule has 4 saturated carbocycles. The number of hydrogen-bond donors (Lipinski definition) is 1. The van der Waals surface area contributed by atoms with Gasteiger partial charge in [0.1, 0.15) is 0 Å². The van der Waals surface area contributed by atoms with Gasteiger partial charge < -0.3 is 10.1 Å². The van der Waals surface area contributed by atoms with Crippen molar-refractivity contribution in [3.05, 3.63) is 35.9 Å². The molecule has 0 spiro atoms. The molecule has 1 unspecified atom stereocenters. The first kappa shape index (κ1) is 19.2. The molecule has 0 radical (unpaired) electrons. The van der Waals surface area contributed by atoms with Crippen LogP contribution in [-0.4, -0.2) is 29.3 Å². The number of hydrogen-bond acceptors (Lipinski definition) is 4. The highest BCUT2D eigenvalue weighted by atomic mass is 16.5. The maximum atomic E-state index is 12.7. The molecule has 0 aromatic heterocycles. The number of ketones is 1. The molecule has 1 atom stereocenters. The molecule has 0 heterocycles. The van der Waals surface area contributed by atoms with E-state index in [4.69, 9.17) is 4.74 Å². The van der Waals surface area contributed by atoms with E-state index in [9.17, 15) is 14.4 Å². The number of nitrogens with one attached hydrogen (secondary N) is 1. The van der Waals surface area contributed by atoms with E-state index < -0.39 is 12.1 Å². The standard InChI is InChI=1S/C23H29NO4/c1-15(28-21(26)8-7-20(25)19-5-3-2-4-6-19)22(27)24-23-12-16-9-17(13-23)11-18(10-16)14-23/h2-6,15-18H,7-14H2,1H3,(H,24,27). The highest BCUT2D eigenvalue weighted by molar-refractivity contribution is 5.97. The lowest BCUT2D eigenvalue weighted by Gasteiger charge is -2.57. The molecule has 1 aromatic rings. The zero-order valence-electron chi connectivity index (χ0n) is 16.5. The summed E-state index contributed by atoms with van der Waals surface area (Å²) in [4.78, 5) is 36.9. The van der Waals surface area contributed by atoms with Crippen LogP contribution < -0.4 is 5.32 Å². The normalized spacial score (nSPS) is 31.2. The SMILES string of the molecule is CC(OC(=O)CCC(=O)c1ccccc1)C(=O)NC12CC3CC(CC(C3)C1)C2. The molecule has 28 heavy (non-hydrogen) atoms. The molecule has 4 aliphatic carbocycles. The largest absolute Gasteiger partial charge is 0.453 e. The van der Waals surface area contributed by atoms with Gasteiger partial charge in [-0.05, 0) is 63.2 Å². The van der Waals surface area contributed by atoms with Gasteiger partial charge in [0.05, 0.1) is 6.42 Å². The highest BCUT2D eigenvalue weighted by Gasteiger charge is 2.51. The summed E-state index contributed by atoms with van der Waals surface area (Å²) in [7, 11) is 0. The van der Waals surface area contributed by atoms with Crippen molar-refractivity contribution in [1.29, 1.82) is 0 Å². The summed E-state index contributed by atoms with van der Waals surface area (Å²) in [5.74, 6) is 1.43. The Bertz CT molecular complexity index is 722. The average Bonchev–Trinajstić information content (AvgIpc) is 2.65. The fraction of sp³-hybridized carbons (Fsp3) is 0.609. The molecule has 5 nitrogen and oxygen atoms in total. The summed E-state index contributed by atoms with van der Waals surface area (Å²) < 4.78 is 5.31. The number of Topliss-reactive ketones (excluding diaryl/α,β-unsaturated/α-hetero) is 1. The van der Waals surface area contributed by atoms with Crippen molar-refractivity contribution in [2.24, 2.45) is 17.8 Å². The van der Waals surface area contributed by atoms with Crippen molar-refractivity contribution in [3.63, 3.8) is 0 Å². The summed E-state index contributed by atoms with van der Waals surface area (Å²) in [5, 5.41) is 3.24. The van der Waals surface area contributed by atoms with Crippen LogP contribution >= 0.6 is 0 Å². The van der Waals surface area contributed by atoms with Crippen LogP contribution in [-0.2, 0) is 14.3 Å². The van der Waals surface area contributed by atoms with Crippen LogP contribution in [0.25, 0.3) is 0 Å². The maximum Gasteiger partial charge on any atom is 0.307 e. The lowest BCUT2D eigenvalue weighted by atomic mass is 9.53. The molecule has 150 valence electrons. The summed E-state index contributed by atoms with van der Waals surface area (Å²) in [6.07, 6.45) is 6.39. The van der Waals surface area contributed by atoms with Crippen molar-refractivity contribution in [2.45, 2.75) is 69.9 Å². The van der Waals surface area contributed by atoms with Crippen LogP contribution in [0.4, 0.5) is 0 Å². The minimum absolute atomic E-state index is 0.0112. The Morgan fingerprint density at radius 1 is 1.00 bits per heavy atom. The number of ether oxygens (including phenoxy) is 1. The second-order valence-corrected chi connectivity index (χ2v) is 9.11. The number of esters is 1. The fourth-order valence-corrected chi connectivity index (χ4v) is 5.92. The van der Waals surface area contributed by atoms with E-state index in [1.165, 1.54) is 19.3 Å². The van der Waals surface area contributed by atoms with Gasteiger partial charge in [0.25, 0.3) is 5.91 Å². The van der Waals surface area contributed by atoms with Crippen LogP contribution in [0.5, 0.6) is 0 Å². The second-order valence-electron chi connectivity index (χ2n) is 9.11. The van der Waals surface area contributed by atoms with Crippen molar-refractivity contribution in [3.8, 4) is 0 Å². The third kappa shape index (κ3) is 4.13. The van der Waals surface area contributed by atoms with Gasteiger partial charge in [0, 0.05) is 17.5 Å². The Hall–Kier alpha value is -2.17. The summed E-state index contributed by atoms with van der Waals surface area (Å²) in [6.45, 7) is 1.62. The van der Waals surface area contributed by atoms with Gasteiger partial charge in [0.2, 0.25) is 0 Å². The predicted octanol–water partition coefficient (Wildman–Crippen LogP) is 3.67. The maximum absolute atomic E-state index is 12.7. The first-order valence-electron chi connectivity index (χ1n) is 10.5. The Balaban J connectivity index is 1.25. The van der Waals surface area contributed by atoms with E-state index in [-0.39, 0.29) is 30.1 Å². The molecule has 5 rings (SSSR count). The van der Waals surface area contributed by atoms with Crippen molar-refractivity contribution < 1.29 is 19.1 Å². The zero-order chi connectivity index (χ0) is 19.7. The van der Waals surface area contributed by atoms with Gasteiger partial charge in [-0.15, -0.1) is 0 Å². The number of amides is 1. The van der Waals surface area contributed by atoms with E-state index in [1.54, 1.807) is 31.2 Å². The quantitative estimate of drug-likeness (QED) is 0.576. The molecule has 0 saturated heterocycles. The number of carbonyl (C=O) groups excluding carboxylic acids is 3. The Kier molecular flexibility index (Phi) is 5.26. The van der Waals surface area contributed by atoms with Gasteiger partial charge in [0.15, 0.2) is 11.9 Å². The highest BCUT2D eigenvalue weighted by Crippen LogP contribution is 2.55. The van der Waals surface area contributed by atoms with Crippen LogP contribution in [0.15, 0.2) is 30.3 Å². The Labute approximate surface area is 166 Å². The Morgan fingerprint density at radius 2 is 1.57 bits per heavy atom. The number of carbonyl (C=O) groups is 3. The number of benzene rings is 1. The molecule has 4 aliphatic rings. The Morgan fingerprint density at radius 3 is 2.14 bits per heavy atom. The summed E-state index contributed by atoms with van der Waals surface area (Å²) in [5.41, 5.74) is 0.499. The van der Waals surface area contributed by atoms with Crippen molar-refractivity contribution in [1.82, 2.24) is 5.32 Å². The molecule has 1 amide bonds. The van der Waals surface area contributed by atoms with Crippen LogP contribution in [0, 0.1) is 17.8 Å². The molecule has 1 N–H and O–H groups in total. The topological polar surface area (TPSA) is 72.5 Å². The van der Waals surface area contributed by atoms with Gasteiger partial charge in [-0.25, -0.2) is 0 Å². The molecule has 0 aliphatic heterocycles. The zero-order valence-corrected chi connectivity index (χ0v) is 16.5. The summed E-state index contributed by atoms with van der Waals surface area (Å²) >= 11 is 0. The smallest absolute Gasteiger partial charge is 0.307 e. The van der Waals surface area contributed by atoms with E-state index in [2.05, 4.69) is 5.32 Å². The van der Waals surface area contributed by atoms with Gasteiger partial charge in [-0.3, -0.25) is 14.4 Å². The second kappa shape index (κ2) is 7.69. The van der Waals surface area contributed by atoms with E-state index in [1.807, 2.05) is 6.07 Å². The lowest BCUT2D eigenvalue weighted by molar-refractivity contribution is -0.156. The minimum Gasteiger partial charge on any atom is -0.453 e. The lowest BCUT2D eigenvalue weighted by Crippen LogP contribution is -2.61. The summed E-state index contributed by atoms with van der Waals surface area (Å²) in [6, 6.07) is 8.89.